The van der Waals surface area contributed by atoms with Gasteiger partial charge in [0.2, 0.25) is 0 Å². The molecule has 0 spiro atoms. The van der Waals surface area contributed by atoms with Crippen molar-refractivity contribution in [2.24, 2.45) is 5.92 Å². The Morgan fingerprint density at radius 2 is 1.27 bits per heavy atom. The van der Waals surface area contributed by atoms with Crippen molar-refractivity contribution >= 4 is 0 Å². The van der Waals surface area contributed by atoms with Gasteiger partial charge < -0.3 is 4.74 Å². The van der Waals surface area contributed by atoms with Crippen LogP contribution in [-0.4, -0.2) is 0 Å². The van der Waals surface area contributed by atoms with Gasteiger partial charge in [-0.2, -0.15) is 8.78 Å². The number of benzene rings is 4. The third-order valence-corrected chi connectivity index (χ3v) is 8.51. The molecule has 0 aromatic heterocycles. The first-order valence-electron chi connectivity index (χ1n) is 15.0. The van der Waals surface area contributed by atoms with Crippen molar-refractivity contribution in [3.63, 3.8) is 0 Å². The number of ether oxygens (including phenoxy) is 1. The van der Waals surface area contributed by atoms with Crippen LogP contribution in [0.1, 0.15) is 75.3 Å². The van der Waals surface area contributed by atoms with Gasteiger partial charge in [0.1, 0.15) is 40.4 Å². The molecule has 0 atom stereocenters. The maximum atomic E-state index is 15.2. The first kappa shape index (κ1) is 31.6. The molecule has 1 aliphatic rings. The minimum absolute atomic E-state index is 0.00878. The van der Waals surface area contributed by atoms with E-state index in [1.165, 1.54) is 49.9 Å². The molecule has 44 heavy (non-hydrogen) atoms. The fraction of sp³-hybridized carbons (Fsp3) is 0.333. The van der Waals surface area contributed by atoms with E-state index in [-0.39, 0.29) is 22.6 Å². The molecule has 232 valence electrons. The van der Waals surface area contributed by atoms with Gasteiger partial charge in [-0.05, 0) is 96.7 Å². The maximum Gasteiger partial charge on any atom is 0.432 e. The summed E-state index contributed by atoms with van der Waals surface area (Å²) in [5.41, 5.74) is -0.941. The third-order valence-electron chi connectivity index (χ3n) is 8.51. The van der Waals surface area contributed by atoms with Gasteiger partial charge >= 0.3 is 6.11 Å². The summed E-state index contributed by atoms with van der Waals surface area (Å²) < 4.78 is 108. The van der Waals surface area contributed by atoms with E-state index >= 15 is 22.0 Å². The van der Waals surface area contributed by atoms with E-state index in [9.17, 15) is 8.78 Å². The molecule has 0 unspecified atom stereocenters. The molecule has 1 aliphatic carbocycles. The zero-order valence-corrected chi connectivity index (χ0v) is 24.3. The lowest BCUT2D eigenvalue weighted by atomic mass is 9.77. The highest BCUT2D eigenvalue weighted by Gasteiger charge is 2.41. The van der Waals surface area contributed by atoms with Crippen molar-refractivity contribution < 1.29 is 35.5 Å². The molecule has 4 aromatic carbocycles. The van der Waals surface area contributed by atoms with Crippen molar-refractivity contribution in [1.82, 2.24) is 0 Å². The van der Waals surface area contributed by atoms with Crippen LogP contribution in [0.2, 0.25) is 0 Å². The summed E-state index contributed by atoms with van der Waals surface area (Å²) in [6.45, 7) is 2.18. The van der Waals surface area contributed by atoms with E-state index in [0.717, 1.165) is 55.5 Å². The first-order valence-corrected chi connectivity index (χ1v) is 15.0. The van der Waals surface area contributed by atoms with Crippen LogP contribution in [0.25, 0.3) is 22.3 Å². The summed E-state index contributed by atoms with van der Waals surface area (Å²) in [6.07, 6.45) is 4.39. The molecule has 1 nitrogen and oxygen atoms in total. The van der Waals surface area contributed by atoms with Crippen LogP contribution in [0.15, 0.2) is 72.8 Å². The molecule has 0 bridgehead atoms. The SMILES string of the molecule is CCCCCC1CCC(c2ccc(-c3cc(F)c(C(F)(F)Oc4ccc(-c5ccc(F)cc5)c(F)c4)c(F)c3)c(F)c2)CC1. The minimum Gasteiger partial charge on any atom is -0.429 e. The average molecular weight is 615 g/mol. The van der Waals surface area contributed by atoms with Crippen LogP contribution in [-0.2, 0) is 6.11 Å². The standard InChI is InChI=1S/C36H33F7O/c1-2-3-4-5-22-6-8-23(9-7-22)25-12-16-30(31(38)18-25)26-19-33(40)35(34(41)20-26)36(42,43)44-28-15-17-29(32(39)21-28)24-10-13-27(37)14-11-24/h10-23H,2-9H2,1H3. The Balaban J connectivity index is 1.30. The van der Waals surface area contributed by atoms with Crippen LogP contribution in [0.3, 0.4) is 0 Å². The number of rotatable bonds is 10. The number of unbranched alkanes of at least 4 members (excludes halogenated alkanes) is 2. The molecule has 5 rings (SSSR count). The lowest BCUT2D eigenvalue weighted by Crippen LogP contribution is -2.25. The van der Waals surface area contributed by atoms with E-state index < -0.39 is 46.5 Å². The van der Waals surface area contributed by atoms with Crippen molar-refractivity contribution in [3.8, 4) is 28.0 Å². The van der Waals surface area contributed by atoms with E-state index in [0.29, 0.717) is 29.7 Å². The molecule has 0 amide bonds. The Morgan fingerprint density at radius 3 is 1.89 bits per heavy atom. The highest BCUT2D eigenvalue weighted by Crippen LogP contribution is 2.41. The van der Waals surface area contributed by atoms with Gasteiger partial charge in [0.05, 0.1) is 0 Å². The predicted molar refractivity (Wildman–Crippen MR) is 157 cm³/mol. The molecule has 1 fully saturated rings. The van der Waals surface area contributed by atoms with Crippen LogP contribution in [0.5, 0.6) is 5.75 Å². The minimum atomic E-state index is -4.52. The van der Waals surface area contributed by atoms with E-state index in [1.54, 1.807) is 6.07 Å². The summed E-state index contributed by atoms with van der Waals surface area (Å²) in [6, 6.07) is 13.4. The van der Waals surface area contributed by atoms with Crippen LogP contribution in [0.4, 0.5) is 30.7 Å². The molecule has 0 aliphatic heterocycles. The molecule has 0 radical (unpaired) electrons. The molecule has 0 N–H and O–H groups in total. The molecule has 0 heterocycles. The van der Waals surface area contributed by atoms with Gasteiger partial charge in [0.25, 0.3) is 0 Å². The Labute approximate surface area is 252 Å². The largest absolute Gasteiger partial charge is 0.432 e. The molecule has 1 saturated carbocycles. The molecule has 4 aromatic rings. The van der Waals surface area contributed by atoms with Gasteiger partial charge in [-0.1, -0.05) is 56.9 Å². The number of hydrogen-bond donors (Lipinski definition) is 0. The van der Waals surface area contributed by atoms with Gasteiger partial charge in [0.15, 0.2) is 0 Å². The van der Waals surface area contributed by atoms with Gasteiger partial charge in [0, 0.05) is 17.2 Å². The Bertz CT molecular complexity index is 1570. The van der Waals surface area contributed by atoms with Crippen LogP contribution < -0.4 is 4.74 Å². The van der Waals surface area contributed by atoms with Crippen LogP contribution >= 0.6 is 0 Å². The first-order chi connectivity index (χ1) is 21.1. The number of alkyl halides is 2. The Kier molecular flexibility index (Phi) is 9.66. The van der Waals surface area contributed by atoms with Crippen molar-refractivity contribution in [1.29, 1.82) is 0 Å². The zero-order valence-electron chi connectivity index (χ0n) is 24.3. The highest BCUT2D eigenvalue weighted by atomic mass is 19.3. The van der Waals surface area contributed by atoms with Crippen molar-refractivity contribution in [2.45, 2.75) is 70.3 Å². The summed E-state index contributed by atoms with van der Waals surface area (Å²) in [7, 11) is 0. The van der Waals surface area contributed by atoms with Gasteiger partial charge in [-0.25, -0.2) is 22.0 Å². The molecular formula is C36H33F7O. The second-order valence-electron chi connectivity index (χ2n) is 11.5. The monoisotopic (exact) mass is 614 g/mol. The third kappa shape index (κ3) is 7.11. The Hall–Kier alpha value is -3.81. The smallest absolute Gasteiger partial charge is 0.429 e. The predicted octanol–water partition coefficient (Wildman–Crippen LogP) is 11.7. The van der Waals surface area contributed by atoms with Crippen molar-refractivity contribution in [3.05, 3.63) is 113 Å². The van der Waals surface area contributed by atoms with Crippen LogP contribution in [0, 0.1) is 35.0 Å². The van der Waals surface area contributed by atoms with E-state index in [2.05, 4.69) is 11.7 Å². The summed E-state index contributed by atoms with van der Waals surface area (Å²) in [5, 5.41) is 0. The van der Waals surface area contributed by atoms with E-state index in [4.69, 9.17) is 0 Å². The fourth-order valence-corrected chi connectivity index (χ4v) is 6.12. The number of hydrogen-bond acceptors (Lipinski definition) is 1. The second kappa shape index (κ2) is 13.4. The van der Waals surface area contributed by atoms with Gasteiger partial charge in [-0.15, -0.1) is 0 Å². The lowest BCUT2D eigenvalue weighted by Gasteiger charge is -2.29. The summed E-state index contributed by atoms with van der Waals surface area (Å²) in [4.78, 5) is 0. The average Bonchev–Trinajstić information content (AvgIpc) is 2.97. The maximum absolute atomic E-state index is 15.2. The van der Waals surface area contributed by atoms with E-state index in [1.807, 2.05) is 0 Å². The molecule has 8 heteroatoms. The fourth-order valence-electron chi connectivity index (χ4n) is 6.12. The molecule has 0 saturated heterocycles. The second-order valence-corrected chi connectivity index (χ2v) is 11.5. The quantitative estimate of drug-likeness (QED) is 0.128. The van der Waals surface area contributed by atoms with Crippen molar-refractivity contribution in [2.75, 3.05) is 0 Å². The van der Waals surface area contributed by atoms with Gasteiger partial charge in [-0.3, -0.25) is 0 Å². The lowest BCUT2D eigenvalue weighted by molar-refractivity contribution is -0.189. The topological polar surface area (TPSA) is 9.23 Å². The Morgan fingerprint density at radius 1 is 0.659 bits per heavy atom. The highest BCUT2D eigenvalue weighted by molar-refractivity contribution is 5.66. The summed E-state index contributed by atoms with van der Waals surface area (Å²) >= 11 is 0. The normalized spacial score (nSPS) is 17.1. The molecular weight excluding hydrogens is 581 g/mol. The summed E-state index contributed by atoms with van der Waals surface area (Å²) in [5.74, 6) is -5.27. The number of halogens is 7. The zero-order chi connectivity index (χ0) is 31.4.